The van der Waals surface area contributed by atoms with Crippen LogP contribution in [0.3, 0.4) is 0 Å². The summed E-state index contributed by atoms with van der Waals surface area (Å²) < 4.78 is 2.08. The lowest BCUT2D eigenvalue weighted by Gasteiger charge is -2.19. The van der Waals surface area contributed by atoms with Crippen LogP contribution < -0.4 is 5.32 Å². The van der Waals surface area contributed by atoms with Crippen LogP contribution in [-0.4, -0.2) is 45.0 Å². The molecule has 2 aromatic heterocycles. The summed E-state index contributed by atoms with van der Waals surface area (Å²) in [6.45, 7) is 9.88. The van der Waals surface area contributed by atoms with E-state index in [2.05, 4.69) is 38.6 Å². The number of anilines is 1. The molecule has 0 saturated carbocycles. The van der Waals surface area contributed by atoms with Gasteiger partial charge in [0.1, 0.15) is 0 Å². The molecule has 6 nitrogen and oxygen atoms in total. The first kappa shape index (κ1) is 18.1. The van der Waals surface area contributed by atoms with Crippen LogP contribution in [0.15, 0.2) is 42.6 Å². The maximum Gasteiger partial charge on any atom is 0.259 e. The molecule has 6 heteroatoms. The summed E-state index contributed by atoms with van der Waals surface area (Å²) >= 11 is 0. The maximum atomic E-state index is 12.6. The zero-order valence-electron chi connectivity index (χ0n) is 15.6. The normalized spacial score (nSPS) is 11.2. The van der Waals surface area contributed by atoms with Gasteiger partial charge in [0.25, 0.3) is 5.91 Å². The largest absolute Gasteiger partial charge is 0.309 e. The Balaban J connectivity index is 1.87. The van der Waals surface area contributed by atoms with Crippen molar-refractivity contribution in [3.63, 3.8) is 0 Å². The summed E-state index contributed by atoms with van der Waals surface area (Å²) in [4.78, 5) is 23.8. The summed E-state index contributed by atoms with van der Waals surface area (Å²) in [5.74, 6) is 0.376. The van der Waals surface area contributed by atoms with E-state index < -0.39 is 0 Å². The van der Waals surface area contributed by atoms with Crippen LogP contribution in [0.4, 0.5) is 5.95 Å². The average molecular weight is 351 g/mol. The van der Waals surface area contributed by atoms with Crippen LogP contribution in [0.1, 0.15) is 29.9 Å². The lowest BCUT2D eigenvalue weighted by Crippen LogP contribution is -2.27. The summed E-state index contributed by atoms with van der Waals surface area (Å²) in [5.41, 5.74) is 3.31. The van der Waals surface area contributed by atoms with Gasteiger partial charge in [-0.2, -0.15) is 0 Å². The highest BCUT2D eigenvalue weighted by Gasteiger charge is 2.15. The number of benzene rings is 1. The number of pyridine rings is 1. The van der Waals surface area contributed by atoms with Crippen LogP contribution >= 0.6 is 0 Å². The number of aryl methyl sites for hydroxylation is 1. The summed E-state index contributed by atoms with van der Waals surface area (Å²) in [7, 11) is 0. The van der Waals surface area contributed by atoms with Crippen molar-refractivity contribution in [3.8, 4) is 0 Å². The Labute approximate surface area is 153 Å². The monoisotopic (exact) mass is 351 g/mol. The highest BCUT2D eigenvalue weighted by atomic mass is 16.1. The van der Waals surface area contributed by atoms with Crippen LogP contribution in [0.2, 0.25) is 0 Å². The fourth-order valence-electron chi connectivity index (χ4n) is 2.95. The SMILES string of the molecule is CCN(CC)CCn1c(NC(=O)c2ccc(C)nc2)nc2ccccc21. The van der Waals surface area contributed by atoms with Gasteiger partial charge in [-0.25, -0.2) is 4.98 Å². The molecule has 1 aromatic carbocycles. The predicted molar refractivity (Wildman–Crippen MR) is 104 cm³/mol. The van der Waals surface area contributed by atoms with E-state index in [-0.39, 0.29) is 5.91 Å². The van der Waals surface area contributed by atoms with E-state index in [1.807, 2.05) is 37.3 Å². The molecule has 136 valence electrons. The van der Waals surface area contributed by atoms with E-state index in [9.17, 15) is 4.79 Å². The van der Waals surface area contributed by atoms with Gasteiger partial charge in [0.05, 0.1) is 16.6 Å². The van der Waals surface area contributed by atoms with Crippen molar-refractivity contribution in [1.82, 2.24) is 19.4 Å². The second-order valence-electron chi connectivity index (χ2n) is 6.25. The number of nitrogens with zero attached hydrogens (tertiary/aromatic N) is 4. The number of carbonyl (C=O) groups excluding carboxylic acids is 1. The number of para-hydroxylation sites is 2. The molecule has 0 atom stereocenters. The van der Waals surface area contributed by atoms with Crippen molar-refractivity contribution in [2.45, 2.75) is 27.3 Å². The number of aromatic nitrogens is 3. The molecule has 0 radical (unpaired) electrons. The topological polar surface area (TPSA) is 63.0 Å². The minimum Gasteiger partial charge on any atom is -0.309 e. The fourth-order valence-corrected chi connectivity index (χ4v) is 2.95. The van der Waals surface area contributed by atoms with Crippen molar-refractivity contribution in [1.29, 1.82) is 0 Å². The second-order valence-corrected chi connectivity index (χ2v) is 6.25. The molecular formula is C20H25N5O. The highest BCUT2D eigenvalue weighted by molar-refractivity contribution is 6.03. The van der Waals surface area contributed by atoms with E-state index >= 15 is 0 Å². The molecule has 26 heavy (non-hydrogen) atoms. The van der Waals surface area contributed by atoms with Crippen molar-refractivity contribution >= 4 is 22.9 Å². The standard InChI is InChI=1S/C20H25N5O/c1-4-24(5-2)12-13-25-18-9-7-6-8-17(18)22-20(25)23-19(26)16-11-10-15(3)21-14-16/h6-11,14H,4-5,12-13H2,1-3H3,(H,22,23,26). The number of hydrogen-bond acceptors (Lipinski definition) is 4. The third-order valence-corrected chi connectivity index (χ3v) is 4.59. The molecule has 0 unspecified atom stereocenters. The molecule has 1 N–H and O–H groups in total. The Hall–Kier alpha value is -2.73. The third kappa shape index (κ3) is 3.91. The number of likely N-dealkylation sites (N-methyl/N-ethyl adjacent to an activating group) is 1. The van der Waals surface area contributed by atoms with Crippen LogP contribution in [-0.2, 0) is 6.54 Å². The van der Waals surface area contributed by atoms with Crippen molar-refractivity contribution < 1.29 is 4.79 Å². The van der Waals surface area contributed by atoms with Gasteiger partial charge in [0.2, 0.25) is 5.95 Å². The number of rotatable bonds is 7. The molecular weight excluding hydrogens is 326 g/mol. The molecule has 0 aliphatic carbocycles. The molecule has 0 aliphatic heterocycles. The van der Waals surface area contributed by atoms with E-state index in [0.29, 0.717) is 11.5 Å². The zero-order chi connectivity index (χ0) is 18.5. The first-order chi connectivity index (χ1) is 12.6. The van der Waals surface area contributed by atoms with Crippen LogP contribution in [0, 0.1) is 6.92 Å². The highest BCUT2D eigenvalue weighted by Crippen LogP contribution is 2.20. The molecule has 0 saturated heterocycles. The van der Waals surface area contributed by atoms with Crippen molar-refractivity contribution in [2.24, 2.45) is 0 Å². The minimum atomic E-state index is -0.197. The fraction of sp³-hybridized carbons (Fsp3) is 0.350. The number of imidazole rings is 1. The molecule has 0 fully saturated rings. The van der Waals surface area contributed by atoms with Gasteiger partial charge in [-0.15, -0.1) is 0 Å². The Kier molecular flexibility index (Phi) is 5.63. The molecule has 2 heterocycles. The average Bonchev–Trinajstić information content (AvgIpc) is 3.00. The molecule has 0 aliphatic rings. The van der Waals surface area contributed by atoms with E-state index in [1.165, 1.54) is 0 Å². The first-order valence-corrected chi connectivity index (χ1v) is 9.04. The summed E-state index contributed by atoms with van der Waals surface area (Å²) in [6, 6.07) is 11.6. The van der Waals surface area contributed by atoms with E-state index in [1.54, 1.807) is 12.3 Å². The molecule has 0 spiro atoms. The molecule has 3 aromatic rings. The summed E-state index contributed by atoms with van der Waals surface area (Å²) in [6.07, 6.45) is 1.59. The first-order valence-electron chi connectivity index (χ1n) is 9.04. The Bertz CT molecular complexity index is 881. The van der Waals surface area contributed by atoms with Gasteiger partial charge in [0, 0.05) is 25.0 Å². The lowest BCUT2D eigenvalue weighted by molar-refractivity contribution is 0.102. The number of nitrogens with one attached hydrogen (secondary N) is 1. The van der Waals surface area contributed by atoms with Gasteiger partial charge in [-0.3, -0.25) is 15.1 Å². The minimum absolute atomic E-state index is 0.197. The van der Waals surface area contributed by atoms with Gasteiger partial charge in [-0.1, -0.05) is 26.0 Å². The Morgan fingerprint density at radius 3 is 2.62 bits per heavy atom. The van der Waals surface area contributed by atoms with Crippen LogP contribution in [0.5, 0.6) is 0 Å². The molecule has 3 rings (SSSR count). The lowest BCUT2D eigenvalue weighted by atomic mass is 10.2. The zero-order valence-corrected chi connectivity index (χ0v) is 15.6. The summed E-state index contributed by atoms with van der Waals surface area (Å²) in [5, 5.41) is 2.95. The van der Waals surface area contributed by atoms with Crippen molar-refractivity contribution in [3.05, 3.63) is 53.9 Å². The predicted octanol–water partition coefficient (Wildman–Crippen LogP) is 3.33. The quantitative estimate of drug-likeness (QED) is 0.709. The van der Waals surface area contributed by atoms with E-state index in [0.717, 1.165) is 42.9 Å². The molecule has 1 amide bonds. The third-order valence-electron chi connectivity index (χ3n) is 4.59. The van der Waals surface area contributed by atoms with Gasteiger partial charge >= 0.3 is 0 Å². The van der Waals surface area contributed by atoms with Gasteiger partial charge in [0.15, 0.2) is 0 Å². The Morgan fingerprint density at radius 1 is 1.15 bits per heavy atom. The number of hydrogen-bond donors (Lipinski definition) is 1. The van der Waals surface area contributed by atoms with Gasteiger partial charge in [-0.05, 0) is 44.3 Å². The molecule has 0 bridgehead atoms. The number of amides is 1. The Morgan fingerprint density at radius 2 is 1.92 bits per heavy atom. The van der Waals surface area contributed by atoms with Gasteiger partial charge < -0.3 is 9.47 Å². The van der Waals surface area contributed by atoms with Crippen molar-refractivity contribution in [2.75, 3.05) is 25.0 Å². The maximum absolute atomic E-state index is 12.6. The van der Waals surface area contributed by atoms with E-state index in [4.69, 9.17) is 0 Å². The number of fused-ring (bicyclic) bond motifs is 1. The smallest absolute Gasteiger partial charge is 0.259 e. The van der Waals surface area contributed by atoms with Crippen LogP contribution in [0.25, 0.3) is 11.0 Å². The number of carbonyl (C=O) groups is 1. The second kappa shape index (κ2) is 8.10.